The summed E-state index contributed by atoms with van der Waals surface area (Å²) in [5.74, 6) is 1.00. The molecule has 2 unspecified atom stereocenters. The molecule has 0 saturated carbocycles. The van der Waals surface area contributed by atoms with Gasteiger partial charge < -0.3 is 0 Å². The van der Waals surface area contributed by atoms with E-state index in [1.54, 1.807) is 5.57 Å². The minimum atomic E-state index is 0.460. The van der Waals surface area contributed by atoms with Gasteiger partial charge in [-0.15, -0.1) is 17.2 Å². The number of benzene rings is 2. The maximum atomic E-state index is 3.76. The van der Waals surface area contributed by atoms with E-state index in [1.807, 2.05) is 0 Å². The zero-order valence-corrected chi connectivity index (χ0v) is 13.3. The molecule has 3 aliphatic carbocycles. The Hall–Kier alpha value is -2.34. The van der Waals surface area contributed by atoms with Gasteiger partial charge in [-0.2, -0.15) is 11.6 Å². The van der Waals surface area contributed by atoms with Crippen LogP contribution < -0.4 is 0 Å². The molecule has 3 aliphatic rings. The van der Waals surface area contributed by atoms with Gasteiger partial charge in [-0.3, -0.25) is 0 Å². The van der Waals surface area contributed by atoms with E-state index in [1.165, 1.54) is 33.4 Å². The van der Waals surface area contributed by atoms with E-state index >= 15 is 0 Å². The quantitative estimate of drug-likeness (QED) is 0.590. The predicted octanol–water partition coefficient (Wildman–Crippen LogP) is 5.72. The largest absolute Gasteiger partial charge is 0.199 e. The molecule has 0 aliphatic heterocycles. The molecule has 0 aromatic heterocycles. The van der Waals surface area contributed by atoms with Gasteiger partial charge in [0.15, 0.2) is 0 Å². The molecule has 2 aromatic carbocycles. The first-order valence-corrected chi connectivity index (χ1v) is 8.50. The van der Waals surface area contributed by atoms with E-state index in [0.717, 1.165) is 12.8 Å². The Morgan fingerprint density at radius 3 is 2.83 bits per heavy atom. The standard InChI is InChI=1S/C23H19/c1-15-6-4-7-16(14-15)17-12-13-22-19-9-3-2-8-18(19)21-11-5-10-20(17)23(21)22/h2-10,14,17,21H,11-12H2,1H3/q-1. The van der Waals surface area contributed by atoms with Gasteiger partial charge in [-0.25, -0.2) is 0 Å². The van der Waals surface area contributed by atoms with Gasteiger partial charge in [0, 0.05) is 0 Å². The van der Waals surface area contributed by atoms with Gasteiger partial charge in [0.1, 0.15) is 0 Å². The molecule has 0 saturated heterocycles. The number of aryl methyl sites for hydroxylation is 1. The molecule has 0 bridgehead atoms. The molecule has 0 fully saturated rings. The Kier molecular flexibility index (Phi) is 2.76. The van der Waals surface area contributed by atoms with Gasteiger partial charge in [0.2, 0.25) is 0 Å². The second-order valence-corrected chi connectivity index (χ2v) is 6.87. The van der Waals surface area contributed by atoms with Crippen LogP contribution in [0.1, 0.15) is 46.9 Å². The molecular weight excluding hydrogens is 276 g/mol. The third kappa shape index (κ3) is 1.84. The van der Waals surface area contributed by atoms with E-state index < -0.39 is 0 Å². The van der Waals surface area contributed by atoms with Crippen molar-refractivity contribution in [1.82, 2.24) is 0 Å². The normalized spacial score (nSPS) is 24.3. The van der Waals surface area contributed by atoms with Crippen LogP contribution in [0.4, 0.5) is 0 Å². The van der Waals surface area contributed by atoms with Crippen LogP contribution >= 0.6 is 0 Å². The Bertz CT molecular complexity index is 892. The Morgan fingerprint density at radius 1 is 1.00 bits per heavy atom. The average molecular weight is 295 g/mol. The minimum absolute atomic E-state index is 0.460. The summed E-state index contributed by atoms with van der Waals surface area (Å²) in [4.78, 5) is 0. The summed E-state index contributed by atoms with van der Waals surface area (Å²) in [6.45, 7) is 2.18. The van der Waals surface area contributed by atoms with Crippen molar-refractivity contribution in [3.8, 4) is 0 Å². The number of hydrogen-bond donors (Lipinski definition) is 0. The SMILES string of the molecule is Cc1cccc(C2C[C-]=C3C4=C2C=CCC4c2ccccc23)c1. The third-order valence-corrected chi connectivity index (χ3v) is 5.51. The van der Waals surface area contributed by atoms with Gasteiger partial charge in [0.05, 0.1) is 0 Å². The Morgan fingerprint density at radius 2 is 1.91 bits per heavy atom. The fraction of sp³-hybridized carbons (Fsp3) is 0.217. The molecule has 0 heteroatoms. The van der Waals surface area contributed by atoms with Crippen molar-refractivity contribution in [3.05, 3.63) is 100 Å². The maximum Gasteiger partial charge on any atom is -0.00951 e. The molecule has 0 nitrogen and oxygen atoms in total. The molecule has 112 valence electrons. The number of allylic oxidation sites excluding steroid dienone is 6. The first-order valence-electron chi connectivity index (χ1n) is 8.50. The highest BCUT2D eigenvalue weighted by Crippen LogP contribution is 2.55. The van der Waals surface area contributed by atoms with Crippen molar-refractivity contribution in [2.45, 2.75) is 31.6 Å². The predicted molar refractivity (Wildman–Crippen MR) is 95.2 cm³/mol. The van der Waals surface area contributed by atoms with E-state index in [2.05, 4.69) is 73.7 Å². The summed E-state index contributed by atoms with van der Waals surface area (Å²) >= 11 is 0. The molecule has 23 heavy (non-hydrogen) atoms. The maximum absolute atomic E-state index is 3.76. The molecular formula is C23H19-. The lowest BCUT2D eigenvalue weighted by molar-refractivity contribution is 0.744. The highest BCUT2D eigenvalue weighted by atomic mass is 14.4. The van der Waals surface area contributed by atoms with Gasteiger partial charge in [0.25, 0.3) is 0 Å². The Balaban J connectivity index is 1.69. The second-order valence-electron chi connectivity index (χ2n) is 6.87. The smallest absolute Gasteiger partial charge is 0.00951 e. The molecule has 0 N–H and O–H groups in total. The number of hydrogen-bond acceptors (Lipinski definition) is 0. The second kappa shape index (κ2) is 4.83. The van der Waals surface area contributed by atoms with Gasteiger partial charge in [-0.05, 0) is 30.7 Å². The van der Waals surface area contributed by atoms with Crippen LogP contribution in [-0.4, -0.2) is 0 Å². The Labute approximate surface area is 137 Å². The van der Waals surface area contributed by atoms with Crippen molar-refractivity contribution in [1.29, 1.82) is 0 Å². The highest BCUT2D eigenvalue weighted by Gasteiger charge is 2.30. The monoisotopic (exact) mass is 295 g/mol. The van der Waals surface area contributed by atoms with Crippen LogP contribution in [0.2, 0.25) is 0 Å². The molecule has 5 rings (SSSR count). The lowest BCUT2D eigenvalue weighted by atomic mass is 9.74. The van der Waals surface area contributed by atoms with Crippen LogP contribution in [-0.2, 0) is 0 Å². The molecule has 0 radical (unpaired) electrons. The van der Waals surface area contributed by atoms with Crippen LogP contribution in [0.15, 0.2) is 71.8 Å². The molecule has 0 spiro atoms. The van der Waals surface area contributed by atoms with E-state index in [4.69, 9.17) is 0 Å². The van der Waals surface area contributed by atoms with Crippen LogP contribution in [0, 0.1) is 13.0 Å². The topological polar surface area (TPSA) is 0 Å². The average Bonchev–Trinajstić information content (AvgIpc) is 2.92. The van der Waals surface area contributed by atoms with Crippen molar-refractivity contribution in [3.63, 3.8) is 0 Å². The summed E-state index contributed by atoms with van der Waals surface area (Å²) in [7, 11) is 0. The van der Waals surface area contributed by atoms with Crippen molar-refractivity contribution < 1.29 is 0 Å². The fourth-order valence-corrected chi connectivity index (χ4v) is 4.51. The zero-order chi connectivity index (χ0) is 15.4. The van der Waals surface area contributed by atoms with E-state index in [0.29, 0.717) is 11.8 Å². The third-order valence-electron chi connectivity index (χ3n) is 5.51. The summed E-state index contributed by atoms with van der Waals surface area (Å²) < 4.78 is 0. The first-order chi connectivity index (χ1) is 11.3. The summed E-state index contributed by atoms with van der Waals surface area (Å²) in [6.07, 6.45) is 10.6. The molecule has 2 atom stereocenters. The molecule has 0 heterocycles. The molecule has 0 amide bonds. The lowest BCUT2D eigenvalue weighted by Crippen LogP contribution is -2.13. The first kappa shape index (κ1) is 13.1. The number of rotatable bonds is 1. The van der Waals surface area contributed by atoms with Crippen molar-refractivity contribution in [2.24, 2.45) is 0 Å². The fourth-order valence-electron chi connectivity index (χ4n) is 4.51. The zero-order valence-electron chi connectivity index (χ0n) is 13.3. The lowest BCUT2D eigenvalue weighted by Gasteiger charge is -2.36. The van der Waals surface area contributed by atoms with E-state index in [9.17, 15) is 0 Å². The van der Waals surface area contributed by atoms with Crippen molar-refractivity contribution in [2.75, 3.05) is 0 Å². The highest BCUT2D eigenvalue weighted by molar-refractivity contribution is 5.90. The minimum Gasteiger partial charge on any atom is -0.199 e. The van der Waals surface area contributed by atoms with Crippen LogP contribution in [0.5, 0.6) is 0 Å². The summed E-state index contributed by atoms with van der Waals surface area (Å²) in [5.41, 5.74) is 10.1. The number of fused-ring (bicyclic) bond motifs is 3. The van der Waals surface area contributed by atoms with Gasteiger partial charge in [-0.1, -0.05) is 77.7 Å². The van der Waals surface area contributed by atoms with Gasteiger partial charge >= 0.3 is 0 Å². The van der Waals surface area contributed by atoms with Crippen molar-refractivity contribution >= 4 is 5.57 Å². The summed E-state index contributed by atoms with van der Waals surface area (Å²) in [6, 6.07) is 17.9. The van der Waals surface area contributed by atoms with Crippen LogP contribution in [0.3, 0.4) is 0 Å². The van der Waals surface area contributed by atoms with Crippen LogP contribution in [0.25, 0.3) is 5.57 Å². The summed E-state index contributed by atoms with van der Waals surface area (Å²) in [5, 5.41) is 0. The molecule has 2 aromatic rings. The van der Waals surface area contributed by atoms with E-state index in [-0.39, 0.29) is 0 Å².